The summed E-state index contributed by atoms with van der Waals surface area (Å²) in [5.74, 6) is 1.43. The minimum atomic E-state index is 0.421. The zero-order chi connectivity index (χ0) is 13.9. The summed E-state index contributed by atoms with van der Waals surface area (Å²) in [6.07, 6.45) is 1.67. The Hall–Kier alpha value is -2.10. The number of halogens is 1. The number of hydrogen-bond acceptors (Lipinski definition) is 3. The fourth-order valence-corrected chi connectivity index (χ4v) is 2.27. The van der Waals surface area contributed by atoms with E-state index in [-0.39, 0.29) is 0 Å². The van der Waals surface area contributed by atoms with Gasteiger partial charge < -0.3 is 10.5 Å². The number of rotatable bonds is 3. The van der Waals surface area contributed by atoms with Crippen molar-refractivity contribution in [1.82, 2.24) is 4.98 Å². The fraction of sp³-hybridized carbons (Fsp3) is 0.0625. The third-order valence-electron chi connectivity index (χ3n) is 3.07. The molecule has 1 aromatic heterocycles. The van der Waals surface area contributed by atoms with Crippen molar-refractivity contribution in [3.8, 4) is 11.5 Å². The van der Waals surface area contributed by atoms with Gasteiger partial charge in [-0.15, -0.1) is 0 Å². The molecule has 2 N–H and O–H groups in total. The molecule has 0 aliphatic carbocycles. The monoisotopic (exact) mass is 284 g/mol. The predicted molar refractivity (Wildman–Crippen MR) is 81.2 cm³/mol. The molecule has 0 saturated carbocycles. The molecular formula is C16H13ClN2O. The van der Waals surface area contributed by atoms with Crippen molar-refractivity contribution in [2.24, 2.45) is 5.73 Å². The first-order valence-corrected chi connectivity index (χ1v) is 6.66. The van der Waals surface area contributed by atoms with Crippen molar-refractivity contribution in [2.75, 3.05) is 0 Å². The highest BCUT2D eigenvalue weighted by atomic mass is 35.5. The van der Waals surface area contributed by atoms with Crippen LogP contribution in [0.3, 0.4) is 0 Å². The molecule has 0 fully saturated rings. The van der Waals surface area contributed by atoms with E-state index < -0.39 is 0 Å². The molecule has 0 aliphatic rings. The maximum atomic E-state index is 6.19. The Kier molecular flexibility index (Phi) is 3.54. The molecule has 0 aliphatic heterocycles. The molecule has 0 spiro atoms. The highest BCUT2D eigenvalue weighted by molar-refractivity contribution is 6.35. The Morgan fingerprint density at radius 3 is 2.50 bits per heavy atom. The number of pyridine rings is 1. The summed E-state index contributed by atoms with van der Waals surface area (Å²) in [6, 6.07) is 15.3. The van der Waals surface area contributed by atoms with Gasteiger partial charge in [-0.2, -0.15) is 0 Å². The molecule has 2 aromatic carbocycles. The maximum Gasteiger partial charge on any atom is 0.145 e. The van der Waals surface area contributed by atoms with Gasteiger partial charge in [-0.05, 0) is 24.3 Å². The number of nitrogens with zero attached hydrogens (tertiary/aromatic N) is 1. The van der Waals surface area contributed by atoms with E-state index in [1.54, 1.807) is 6.20 Å². The Bertz CT molecular complexity index is 741. The minimum Gasteiger partial charge on any atom is -0.455 e. The number of fused-ring (bicyclic) bond motifs is 1. The summed E-state index contributed by atoms with van der Waals surface area (Å²) < 4.78 is 5.88. The molecule has 0 saturated heterocycles. The molecule has 3 rings (SSSR count). The van der Waals surface area contributed by atoms with Gasteiger partial charge in [0, 0.05) is 22.3 Å². The Labute approximate surface area is 122 Å². The molecule has 100 valence electrons. The molecule has 0 unspecified atom stereocenters. The van der Waals surface area contributed by atoms with Crippen molar-refractivity contribution < 1.29 is 4.74 Å². The zero-order valence-corrected chi connectivity index (χ0v) is 11.5. The maximum absolute atomic E-state index is 6.19. The van der Waals surface area contributed by atoms with Crippen LogP contribution >= 0.6 is 11.6 Å². The lowest BCUT2D eigenvalue weighted by Gasteiger charge is -2.10. The van der Waals surface area contributed by atoms with E-state index >= 15 is 0 Å². The number of aromatic nitrogens is 1. The first kappa shape index (κ1) is 12.9. The lowest BCUT2D eigenvalue weighted by atomic mass is 10.1. The summed E-state index contributed by atoms with van der Waals surface area (Å²) in [7, 11) is 0. The number of ether oxygens (including phenoxy) is 1. The summed E-state index contributed by atoms with van der Waals surface area (Å²) in [6.45, 7) is 0.421. The van der Waals surface area contributed by atoms with E-state index in [0.29, 0.717) is 17.3 Å². The van der Waals surface area contributed by atoms with Gasteiger partial charge in [0.25, 0.3) is 0 Å². The normalized spacial score (nSPS) is 10.7. The fourth-order valence-electron chi connectivity index (χ4n) is 2.04. The van der Waals surface area contributed by atoms with Gasteiger partial charge in [-0.25, -0.2) is 0 Å². The summed E-state index contributed by atoms with van der Waals surface area (Å²) in [5.41, 5.74) is 6.36. The molecule has 1 heterocycles. The van der Waals surface area contributed by atoms with Crippen molar-refractivity contribution >= 4 is 22.4 Å². The number of hydrogen-bond donors (Lipinski definition) is 1. The Morgan fingerprint density at radius 1 is 1.00 bits per heavy atom. The van der Waals surface area contributed by atoms with Crippen molar-refractivity contribution in [3.63, 3.8) is 0 Å². The second-order valence-corrected chi connectivity index (χ2v) is 4.79. The van der Waals surface area contributed by atoms with Gasteiger partial charge >= 0.3 is 0 Å². The van der Waals surface area contributed by atoms with Gasteiger partial charge in [-0.3, -0.25) is 4.98 Å². The number of nitrogens with two attached hydrogens (primary N) is 1. The van der Waals surface area contributed by atoms with Crippen LogP contribution in [0.1, 0.15) is 5.69 Å². The summed E-state index contributed by atoms with van der Waals surface area (Å²) >= 11 is 6.19. The van der Waals surface area contributed by atoms with Gasteiger partial charge in [0.15, 0.2) is 0 Å². The van der Waals surface area contributed by atoms with Crippen LogP contribution in [-0.4, -0.2) is 4.98 Å². The van der Waals surface area contributed by atoms with E-state index in [1.807, 2.05) is 48.5 Å². The SMILES string of the molecule is NCc1ccc(Oc2ccc(Cl)c3ccccc23)cn1. The van der Waals surface area contributed by atoms with Gasteiger partial charge in [-0.1, -0.05) is 35.9 Å². The van der Waals surface area contributed by atoms with Crippen LogP contribution in [-0.2, 0) is 6.54 Å². The molecule has 3 nitrogen and oxygen atoms in total. The topological polar surface area (TPSA) is 48.1 Å². The largest absolute Gasteiger partial charge is 0.455 e. The Balaban J connectivity index is 2.00. The molecule has 20 heavy (non-hydrogen) atoms. The summed E-state index contributed by atoms with van der Waals surface area (Å²) in [5, 5.41) is 2.66. The van der Waals surface area contributed by atoms with E-state index in [1.165, 1.54) is 0 Å². The molecule has 0 amide bonds. The molecular weight excluding hydrogens is 272 g/mol. The molecule has 4 heteroatoms. The van der Waals surface area contributed by atoms with Crippen molar-refractivity contribution in [2.45, 2.75) is 6.54 Å². The van der Waals surface area contributed by atoms with Crippen LogP contribution < -0.4 is 10.5 Å². The average molecular weight is 285 g/mol. The first-order chi connectivity index (χ1) is 9.78. The second-order valence-electron chi connectivity index (χ2n) is 4.38. The summed E-state index contributed by atoms with van der Waals surface area (Å²) in [4.78, 5) is 4.21. The highest BCUT2D eigenvalue weighted by Gasteiger charge is 2.06. The quantitative estimate of drug-likeness (QED) is 0.786. The van der Waals surface area contributed by atoms with Crippen LogP contribution in [0.5, 0.6) is 11.5 Å². The third kappa shape index (κ3) is 2.46. The smallest absolute Gasteiger partial charge is 0.145 e. The van der Waals surface area contributed by atoms with Gasteiger partial charge in [0.1, 0.15) is 11.5 Å². The lowest BCUT2D eigenvalue weighted by Crippen LogP contribution is -1.98. The molecule has 3 aromatic rings. The predicted octanol–water partition coefficient (Wildman–Crippen LogP) is 4.14. The number of benzene rings is 2. The van der Waals surface area contributed by atoms with E-state index in [2.05, 4.69) is 4.98 Å². The van der Waals surface area contributed by atoms with Crippen molar-refractivity contribution in [3.05, 3.63) is 65.4 Å². The van der Waals surface area contributed by atoms with E-state index in [4.69, 9.17) is 22.1 Å². The van der Waals surface area contributed by atoms with Crippen LogP contribution in [0.4, 0.5) is 0 Å². The van der Waals surface area contributed by atoms with Gasteiger partial charge in [0.2, 0.25) is 0 Å². The molecule has 0 bridgehead atoms. The zero-order valence-electron chi connectivity index (χ0n) is 10.7. The third-order valence-corrected chi connectivity index (χ3v) is 3.39. The van der Waals surface area contributed by atoms with Crippen LogP contribution in [0.2, 0.25) is 5.02 Å². The standard InChI is InChI=1S/C16H13ClN2O/c17-15-7-8-16(14-4-2-1-3-13(14)15)20-12-6-5-11(9-18)19-10-12/h1-8,10H,9,18H2. The molecule has 0 radical (unpaired) electrons. The average Bonchev–Trinajstić information content (AvgIpc) is 2.51. The first-order valence-electron chi connectivity index (χ1n) is 6.28. The van der Waals surface area contributed by atoms with Crippen LogP contribution in [0, 0.1) is 0 Å². The Morgan fingerprint density at radius 2 is 1.80 bits per heavy atom. The minimum absolute atomic E-state index is 0.421. The van der Waals surface area contributed by atoms with Crippen LogP contribution in [0.25, 0.3) is 10.8 Å². The highest BCUT2D eigenvalue weighted by Crippen LogP contribution is 2.33. The van der Waals surface area contributed by atoms with Gasteiger partial charge in [0.05, 0.1) is 11.9 Å². The molecule has 0 atom stereocenters. The second kappa shape index (κ2) is 5.49. The van der Waals surface area contributed by atoms with Crippen LogP contribution in [0.15, 0.2) is 54.7 Å². The van der Waals surface area contributed by atoms with Crippen molar-refractivity contribution in [1.29, 1.82) is 0 Å². The lowest BCUT2D eigenvalue weighted by molar-refractivity contribution is 0.485. The van der Waals surface area contributed by atoms with E-state index in [0.717, 1.165) is 22.2 Å². The van der Waals surface area contributed by atoms with E-state index in [9.17, 15) is 0 Å².